The molecule has 0 spiro atoms. The van der Waals surface area contributed by atoms with E-state index in [1.54, 1.807) is 0 Å². The van der Waals surface area contributed by atoms with Crippen molar-refractivity contribution in [2.75, 3.05) is 10.7 Å². The molecule has 0 saturated carbocycles. The maximum atomic E-state index is 3.59. The lowest BCUT2D eigenvalue weighted by molar-refractivity contribution is -0.0622. The topological polar surface area (TPSA) is 0 Å². The summed E-state index contributed by atoms with van der Waals surface area (Å²) in [5, 5.41) is 1.82. The third-order valence-corrected chi connectivity index (χ3v) is 13.9. The van der Waals surface area contributed by atoms with Crippen LogP contribution in [0.1, 0.15) is 160 Å². The molecule has 1 atom stereocenters. The fraction of sp³-hybridized carbons (Fsp3) is 0.756. The van der Waals surface area contributed by atoms with Crippen molar-refractivity contribution >= 4 is 31.9 Å². The predicted octanol–water partition coefficient (Wildman–Crippen LogP) is 14.2. The molecule has 0 aromatic heterocycles. The maximum absolute atomic E-state index is 3.59. The minimum Gasteiger partial charge on any atom is -0.0883 e. The van der Waals surface area contributed by atoms with Gasteiger partial charge in [-0.2, -0.15) is 0 Å². The summed E-state index contributed by atoms with van der Waals surface area (Å²) < 4.78 is 0. The van der Waals surface area contributed by atoms with E-state index >= 15 is 0 Å². The smallest absolute Gasteiger partial charge is 0.0212 e. The summed E-state index contributed by atoms with van der Waals surface area (Å²) in [6.07, 6.45) is 11.5. The van der Waals surface area contributed by atoms with Crippen LogP contribution in [0.2, 0.25) is 0 Å². The predicted molar refractivity (Wildman–Crippen MR) is 204 cm³/mol. The van der Waals surface area contributed by atoms with E-state index in [2.05, 4.69) is 199 Å². The Kier molecular flexibility index (Phi) is 13.1. The van der Waals surface area contributed by atoms with Crippen molar-refractivity contribution in [2.24, 2.45) is 32.5 Å². The highest BCUT2D eigenvalue weighted by Gasteiger charge is 2.54. The summed E-state index contributed by atoms with van der Waals surface area (Å²) in [6, 6.07) is 7.65. The number of alkyl halides is 2. The van der Waals surface area contributed by atoms with Gasteiger partial charge in [0.2, 0.25) is 0 Å². The zero-order valence-electron chi connectivity index (χ0n) is 31.7. The van der Waals surface area contributed by atoms with Gasteiger partial charge < -0.3 is 0 Å². The molecule has 0 nitrogen and oxygen atoms in total. The van der Waals surface area contributed by atoms with Gasteiger partial charge in [0.05, 0.1) is 0 Å². The number of hydrogen-bond donors (Lipinski definition) is 0. The molecule has 0 aliphatic carbocycles. The van der Waals surface area contributed by atoms with E-state index < -0.39 is 0 Å². The second-order valence-corrected chi connectivity index (χ2v) is 20.0. The minimum absolute atomic E-state index is 0.0199. The molecule has 0 N–H and O–H groups in total. The molecule has 0 radical (unpaired) electrons. The number of hydrogen-bond acceptors (Lipinski definition) is 0. The molecule has 2 heteroatoms. The fourth-order valence-electron chi connectivity index (χ4n) is 6.92. The number of halogens is 2. The minimum atomic E-state index is -0.0471. The highest BCUT2D eigenvalue weighted by Crippen LogP contribution is 2.61. The Morgan fingerprint density at radius 2 is 1.09 bits per heavy atom. The van der Waals surface area contributed by atoms with Gasteiger partial charge in [-0.25, -0.2) is 0 Å². The lowest BCUT2D eigenvalue weighted by Crippen LogP contribution is -2.53. The van der Waals surface area contributed by atoms with Crippen LogP contribution in [0.3, 0.4) is 0 Å². The molecule has 0 saturated heterocycles. The van der Waals surface area contributed by atoms with Crippen molar-refractivity contribution in [3.8, 4) is 0 Å². The first-order valence-electron chi connectivity index (χ1n) is 16.7. The van der Waals surface area contributed by atoms with E-state index in [1.807, 2.05) is 0 Å². The van der Waals surface area contributed by atoms with Crippen molar-refractivity contribution in [3.63, 3.8) is 0 Å². The molecule has 0 heterocycles. The average Bonchev–Trinajstić information content (AvgIpc) is 2.85. The second-order valence-electron chi connectivity index (χ2n) is 18.7. The monoisotopic (exact) mass is 720 g/mol. The SMILES string of the molecule is CC(c1cc(C(C)(C)C)cc(C(C)(C)C(C)(C)C(C)(C)C(C)(C)CC=CCBr)c1)C(C)(C)CC(C)(C)C(C)(C)C=CCBr. The Morgan fingerprint density at radius 1 is 0.605 bits per heavy atom. The van der Waals surface area contributed by atoms with E-state index in [-0.39, 0.29) is 43.3 Å². The molecule has 1 aromatic rings. The molecule has 0 aliphatic heterocycles. The van der Waals surface area contributed by atoms with Gasteiger partial charge in [0.1, 0.15) is 0 Å². The molecule has 1 aromatic carbocycles. The molecular formula is C41H70Br2. The highest BCUT2D eigenvalue weighted by atomic mass is 79.9. The van der Waals surface area contributed by atoms with Crippen LogP contribution in [0, 0.1) is 32.5 Å². The van der Waals surface area contributed by atoms with Gasteiger partial charge in [0.25, 0.3) is 0 Å². The van der Waals surface area contributed by atoms with Crippen molar-refractivity contribution < 1.29 is 0 Å². The number of allylic oxidation sites excluding steroid dienone is 4. The Labute approximate surface area is 287 Å². The largest absolute Gasteiger partial charge is 0.0883 e. The Hall–Kier alpha value is -0.340. The zero-order chi connectivity index (χ0) is 34.1. The fourth-order valence-corrected chi connectivity index (χ4v) is 7.37. The first-order valence-corrected chi connectivity index (χ1v) is 18.9. The molecule has 43 heavy (non-hydrogen) atoms. The third kappa shape index (κ3) is 8.73. The van der Waals surface area contributed by atoms with E-state index in [4.69, 9.17) is 0 Å². The highest BCUT2D eigenvalue weighted by molar-refractivity contribution is 9.09. The van der Waals surface area contributed by atoms with Crippen molar-refractivity contribution in [1.29, 1.82) is 0 Å². The molecule has 1 unspecified atom stereocenters. The van der Waals surface area contributed by atoms with Crippen LogP contribution in [0.5, 0.6) is 0 Å². The Balaban J connectivity index is 3.78. The first kappa shape index (κ1) is 40.7. The summed E-state index contributed by atoms with van der Waals surface area (Å²) >= 11 is 7.16. The molecule has 0 fully saturated rings. The van der Waals surface area contributed by atoms with Gasteiger partial charge in [-0.1, -0.05) is 199 Å². The molecule has 248 valence electrons. The molecule has 0 bridgehead atoms. The van der Waals surface area contributed by atoms with Gasteiger partial charge >= 0.3 is 0 Å². The van der Waals surface area contributed by atoms with Crippen LogP contribution >= 0.6 is 31.9 Å². The second kappa shape index (κ2) is 13.8. The van der Waals surface area contributed by atoms with E-state index in [0.717, 1.165) is 23.5 Å². The molecule has 0 aliphatic rings. The molecule has 1 rings (SSSR count). The Morgan fingerprint density at radius 3 is 1.56 bits per heavy atom. The average molecular weight is 723 g/mol. The number of benzene rings is 1. The lowest BCUT2D eigenvalue weighted by Gasteiger charge is -2.59. The van der Waals surface area contributed by atoms with Crippen molar-refractivity contribution in [1.82, 2.24) is 0 Å². The zero-order valence-corrected chi connectivity index (χ0v) is 34.9. The van der Waals surface area contributed by atoms with Gasteiger partial charge in [-0.3, -0.25) is 0 Å². The standard InChI is InChI=1S/C41H70Br2/c1-30(35(5,6)29-38(11,12)36(7,8)23-21-25-43)31-26-32(34(2,3)4)28-33(27-31)39(13,14)41(17,18)40(15,16)37(9,10)22-19-20-24-42/h19-21,23,26-28,30H,22,24-25,29H2,1-18H3. The van der Waals surface area contributed by atoms with Gasteiger partial charge in [0, 0.05) is 10.7 Å². The van der Waals surface area contributed by atoms with Gasteiger partial charge in [-0.05, 0) is 78.8 Å². The summed E-state index contributed by atoms with van der Waals surface area (Å²) in [5.74, 6) is 0.418. The maximum Gasteiger partial charge on any atom is 0.0212 e. The van der Waals surface area contributed by atoms with Crippen LogP contribution in [-0.4, -0.2) is 10.7 Å². The van der Waals surface area contributed by atoms with Gasteiger partial charge in [-0.15, -0.1) is 0 Å². The van der Waals surface area contributed by atoms with Crippen molar-refractivity contribution in [3.05, 3.63) is 59.2 Å². The summed E-state index contributed by atoms with van der Waals surface area (Å²) in [5.41, 5.74) is 5.03. The van der Waals surface area contributed by atoms with Gasteiger partial charge in [0.15, 0.2) is 0 Å². The van der Waals surface area contributed by atoms with E-state index in [0.29, 0.717) is 5.92 Å². The summed E-state index contributed by atoms with van der Waals surface area (Å²) in [4.78, 5) is 0. The van der Waals surface area contributed by atoms with Crippen LogP contribution in [-0.2, 0) is 10.8 Å². The normalized spacial score (nSPS) is 16.0. The van der Waals surface area contributed by atoms with E-state index in [1.165, 1.54) is 16.7 Å². The van der Waals surface area contributed by atoms with Crippen molar-refractivity contribution in [2.45, 2.75) is 154 Å². The van der Waals surface area contributed by atoms with Crippen LogP contribution in [0.25, 0.3) is 0 Å². The third-order valence-electron chi connectivity index (χ3n) is 13.2. The molecule has 0 amide bonds. The first-order chi connectivity index (χ1) is 19.1. The summed E-state index contributed by atoms with van der Waals surface area (Å²) in [7, 11) is 0. The number of rotatable bonds is 14. The summed E-state index contributed by atoms with van der Waals surface area (Å²) in [6.45, 7) is 44.3. The Bertz CT molecular complexity index is 1110. The molecular weight excluding hydrogens is 652 g/mol. The van der Waals surface area contributed by atoms with Crippen LogP contribution < -0.4 is 0 Å². The van der Waals surface area contributed by atoms with Crippen LogP contribution in [0.4, 0.5) is 0 Å². The van der Waals surface area contributed by atoms with Crippen LogP contribution in [0.15, 0.2) is 42.5 Å². The quantitative estimate of drug-likeness (QED) is 0.132. The van der Waals surface area contributed by atoms with E-state index in [9.17, 15) is 0 Å². The lowest BCUT2D eigenvalue weighted by atomic mass is 9.45.